The Kier molecular flexibility index (Phi) is 4.03. The zero-order valence-electron chi connectivity index (χ0n) is 12.9. The molecule has 2 heterocycles. The maximum Gasteiger partial charge on any atom is 0.256 e. The summed E-state index contributed by atoms with van der Waals surface area (Å²) in [6, 6.07) is 16.3. The van der Waals surface area contributed by atoms with Crippen molar-refractivity contribution in [1.82, 2.24) is 9.97 Å². The van der Waals surface area contributed by atoms with E-state index in [1.54, 1.807) is 30.6 Å². The Morgan fingerprint density at radius 1 is 1.04 bits per heavy atom. The molecular formula is C19H12BrN3O2. The normalized spacial score (nSPS) is 10.8. The molecule has 0 aliphatic carbocycles. The Morgan fingerprint density at radius 2 is 1.84 bits per heavy atom. The third-order valence-corrected chi connectivity index (χ3v) is 4.38. The molecular weight excluding hydrogens is 382 g/mol. The first-order valence-corrected chi connectivity index (χ1v) is 8.37. The number of rotatable bonds is 3. The third kappa shape index (κ3) is 3.16. The molecule has 0 unspecified atom stereocenters. The molecule has 25 heavy (non-hydrogen) atoms. The van der Waals surface area contributed by atoms with Gasteiger partial charge in [-0.25, -0.2) is 4.98 Å². The van der Waals surface area contributed by atoms with Crippen LogP contribution in [-0.4, -0.2) is 15.9 Å². The number of pyridine rings is 1. The number of carbonyl (C=O) groups excluding carboxylic acids is 1. The van der Waals surface area contributed by atoms with Gasteiger partial charge in [-0.2, -0.15) is 0 Å². The van der Waals surface area contributed by atoms with Gasteiger partial charge in [-0.1, -0.05) is 12.1 Å². The summed E-state index contributed by atoms with van der Waals surface area (Å²) in [7, 11) is 0. The molecule has 0 saturated heterocycles. The second-order valence-electron chi connectivity index (χ2n) is 5.37. The summed E-state index contributed by atoms with van der Waals surface area (Å²) in [5, 5.41) is 2.87. The molecule has 0 atom stereocenters. The quantitative estimate of drug-likeness (QED) is 0.537. The smallest absolute Gasteiger partial charge is 0.256 e. The fourth-order valence-corrected chi connectivity index (χ4v) is 2.93. The third-order valence-electron chi connectivity index (χ3n) is 3.69. The highest BCUT2D eigenvalue weighted by Gasteiger charge is 2.12. The van der Waals surface area contributed by atoms with Crippen LogP contribution in [0.5, 0.6) is 0 Å². The fraction of sp³-hybridized carbons (Fsp3) is 0. The highest BCUT2D eigenvalue weighted by molar-refractivity contribution is 9.10. The first-order chi connectivity index (χ1) is 12.2. The van der Waals surface area contributed by atoms with Crippen molar-refractivity contribution in [3.8, 4) is 11.5 Å². The molecule has 0 spiro atoms. The zero-order valence-corrected chi connectivity index (χ0v) is 14.5. The number of nitrogens with zero attached hydrogens (tertiary/aromatic N) is 2. The number of benzene rings is 2. The fourth-order valence-electron chi connectivity index (χ4n) is 2.46. The van der Waals surface area contributed by atoms with E-state index in [4.69, 9.17) is 4.42 Å². The largest absolute Gasteiger partial charge is 0.436 e. The predicted molar refractivity (Wildman–Crippen MR) is 99.3 cm³/mol. The van der Waals surface area contributed by atoms with E-state index in [0.717, 1.165) is 15.6 Å². The monoisotopic (exact) mass is 393 g/mol. The molecule has 6 heteroatoms. The Hall–Kier alpha value is -2.99. The summed E-state index contributed by atoms with van der Waals surface area (Å²) in [5.74, 6) is 0.326. The van der Waals surface area contributed by atoms with E-state index in [2.05, 4.69) is 31.2 Å². The minimum Gasteiger partial charge on any atom is -0.436 e. The van der Waals surface area contributed by atoms with E-state index in [9.17, 15) is 4.79 Å². The first-order valence-electron chi connectivity index (χ1n) is 7.57. The molecule has 0 aliphatic heterocycles. The molecule has 0 radical (unpaired) electrons. The Labute approximate surface area is 151 Å². The standard InChI is InChI=1S/C19H12BrN3O2/c20-15-4-2-1-3-14(15)18(24)22-13-5-6-16-17(11-13)25-19(23-16)12-7-9-21-10-8-12/h1-11H,(H,22,24). The van der Waals surface area contributed by atoms with Crippen LogP contribution in [0.3, 0.4) is 0 Å². The van der Waals surface area contributed by atoms with Gasteiger partial charge in [0, 0.05) is 34.2 Å². The van der Waals surface area contributed by atoms with Gasteiger partial charge in [0.2, 0.25) is 5.89 Å². The van der Waals surface area contributed by atoms with Crippen LogP contribution in [0.15, 0.2) is 75.9 Å². The van der Waals surface area contributed by atoms with Crippen LogP contribution in [-0.2, 0) is 0 Å². The highest BCUT2D eigenvalue weighted by Crippen LogP contribution is 2.26. The number of hydrogen-bond acceptors (Lipinski definition) is 4. The number of fused-ring (bicyclic) bond motifs is 1. The summed E-state index contributed by atoms with van der Waals surface area (Å²) in [4.78, 5) is 20.9. The van der Waals surface area contributed by atoms with E-state index in [1.807, 2.05) is 36.4 Å². The summed E-state index contributed by atoms with van der Waals surface area (Å²) in [6.45, 7) is 0. The molecule has 0 bridgehead atoms. The van der Waals surface area contributed by atoms with Crippen LogP contribution in [0.2, 0.25) is 0 Å². The minimum atomic E-state index is -0.194. The number of halogens is 1. The van der Waals surface area contributed by atoms with Crippen LogP contribution < -0.4 is 5.32 Å². The van der Waals surface area contributed by atoms with Crippen molar-refractivity contribution in [1.29, 1.82) is 0 Å². The lowest BCUT2D eigenvalue weighted by Gasteiger charge is -2.06. The summed E-state index contributed by atoms with van der Waals surface area (Å²) < 4.78 is 6.55. The molecule has 122 valence electrons. The number of nitrogens with one attached hydrogen (secondary N) is 1. The van der Waals surface area contributed by atoms with Crippen molar-refractivity contribution in [3.63, 3.8) is 0 Å². The van der Waals surface area contributed by atoms with E-state index in [-0.39, 0.29) is 5.91 Å². The lowest BCUT2D eigenvalue weighted by atomic mass is 10.2. The number of hydrogen-bond donors (Lipinski definition) is 1. The lowest BCUT2D eigenvalue weighted by molar-refractivity contribution is 0.102. The molecule has 5 nitrogen and oxygen atoms in total. The molecule has 0 saturated carbocycles. The van der Waals surface area contributed by atoms with Gasteiger partial charge in [-0.05, 0) is 52.3 Å². The van der Waals surface area contributed by atoms with Gasteiger partial charge in [0.1, 0.15) is 5.52 Å². The van der Waals surface area contributed by atoms with Gasteiger partial charge in [-0.3, -0.25) is 9.78 Å². The van der Waals surface area contributed by atoms with E-state index < -0.39 is 0 Å². The SMILES string of the molecule is O=C(Nc1ccc2nc(-c3ccncc3)oc2c1)c1ccccc1Br. The summed E-state index contributed by atoms with van der Waals surface area (Å²) >= 11 is 3.38. The Morgan fingerprint density at radius 3 is 2.64 bits per heavy atom. The van der Waals surface area contributed by atoms with E-state index in [0.29, 0.717) is 22.7 Å². The molecule has 0 aliphatic rings. The second-order valence-corrected chi connectivity index (χ2v) is 6.23. The molecule has 0 fully saturated rings. The number of amides is 1. The molecule has 2 aromatic carbocycles. The van der Waals surface area contributed by atoms with Gasteiger partial charge < -0.3 is 9.73 Å². The Balaban J connectivity index is 1.63. The average molecular weight is 394 g/mol. The molecule has 2 aromatic heterocycles. The molecule has 1 N–H and O–H groups in total. The van der Waals surface area contributed by atoms with E-state index in [1.165, 1.54) is 0 Å². The van der Waals surface area contributed by atoms with Crippen LogP contribution >= 0.6 is 15.9 Å². The summed E-state index contributed by atoms with van der Waals surface area (Å²) in [6.07, 6.45) is 3.38. The Bertz CT molecular complexity index is 1060. The van der Waals surface area contributed by atoms with Crippen molar-refractivity contribution in [3.05, 3.63) is 77.0 Å². The van der Waals surface area contributed by atoms with Gasteiger partial charge in [0.25, 0.3) is 5.91 Å². The van der Waals surface area contributed by atoms with Crippen molar-refractivity contribution in [2.45, 2.75) is 0 Å². The number of oxazole rings is 1. The van der Waals surface area contributed by atoms with Gasteiger partial charge >= 0.3 is 0 Å². The second kappa shape index (κ2) is 6.49. The van der Waals surface area contributed by atoms with Crippen molar-refractivity contribution in [2.24, 2.45) is 0 Å². The van der Waals surface area contributed by atoms with Gasteiger partial charge in [0.15, 0.2) is 5.58 Å². The van der Waals surface area contributed by atoms with E-state index >= 15 is 0 Å². The van der Waals surface area contributed by atoms with Crippen molar-refractivity contribution >= 4 is 38.6 Å². The average Bonchev–Trinajstić information content (AvgIpc) is 3.06. The minimum absolute atomic E-state index is 0.194. The van der Waals surface area contributed by atoms with Crippen LogP contribution in [0, 0.1) is 0 Å². The molecule has 4 aromatic rings. The molecule has 4 rings (SSSR count). The van der Waals surface area contributed by atoms with Gasteiger partial charge in [0.05, 0.1) is 5.56 Å². The topological polar surface area (TPSA) is 68.0 Å². The number of carbonyl (C=O) groups is 1. The van der Waals surface area contributed by atoms with Crippen LogP contribution in [0.1, 0.15) is 10.4 Å². The van der Waals surface area contributed by atoms with Crippen molar-refractivity contribution < 1.29 is 9.21 Å². The first kappa shape index (κ1) is 15.5. The molecule has 1 amide bonds. The highest BCUT2D eigenvalue weighted by atomic mass is 79.9. The van der Waals surface area contributed by atoms with Gasteiger partial charge in [-0.15, -0.1) is 0 Å². The maximum absolute atomic E-state index is 12.4. The van der Waals surface area contributed by atoms with Crippen LogP contribution in [0.25, 0.3) is 22.6 Å². The number of aromatic nitrogens is 2. The lowest BCUT2D eigenvalue weighted by Crippen LogP contribution is -2.12. The van der Waals surface area contributed by atoms with Crippen LogP contribution in [0.4, 0.5) is 5.69 Å². The zero-order chi connectivity index (χ0) is 17.2. The predicted octanol–water partition coefficient (Wildman–Crippen LogP) is 4.90. The van der Waals surface area contributed by atoms with Crippen molar-refractivity contribution in [2.75, 3.05) is 5.32 Å². The maximum atomic E-state index is 12.4. The summed E-state index contributed by atoms with van der Waals surface area (Å²) in [5.41, 5.74) is 3.40. The number of anilines is 1.